The average molecular weight is 237 g/mol. The maximum Gasteiger partial charge on any atom is 0.0623 e. The third kappa shape index (κ3) is 2.04. The number of aryl methyl sites for hydroxylation is 1. The molecule has 2 aliphatic heterocycles. The van der Waals surface area contributed by atoms with Gasteiger partial charge in [0.1, 0.15) is 0 Å². The van der Waals surface area contributed by atoms with Crippen LogP contribution < -0.4 is 5.73 Å². The molecule has 0 spiro atoms. The van der Waals surface area contributed by atoms with Crippen LogP contribution in [0.5, 0.6) is 0 Å². The zero-order valence-electron chi connectivity index (χ0n) is 9.47. The molecule has 88 valence electrons. The maximum absolute atomic E-state index is 6.31. The highest BCUT2D eigenvalue weighted by Crippen LogP contribution is 2.40. The van der Waals surface area contributed by atoms with Crippen molar-refractivity contribution >= 4 is 11.3 Å². The predicted octanol–water partition coefficient (Wildman–Crippen LogP) is 2.58. The van der Waals surface area contributed by atoms with Crippen LogP contribution in [0.2, 0.25) is 0 Å². The summed E-state index contributed by atoms with van der Waals surface area (Å²) in [6.07, 6.45) is 6.95. The highest BCUT2D eigenvalue weighted by Gasteiger charge is 2.42. The van der Waals surface area contributed by atoms with E-state index in [0.717, 1.165) is 12.8 Å². The molecule has 2 nitrogen and oxygen atoms in total. The predicted molar refractivity (Wildman–Crippen MR) is 66.6 cm³/mol. The van der Waals surface area contributed by atoms with Crippen molar-refractivity contribution in [3.8, 4) is 0 Å². The first-order chi connectivity index (χ1) is 7.83. The molecular formula is C13H19NOS. The van der Waals surface area contributed by atoms with E-state index in [0.29, 0.717) is 24.2 Å². The number of thiophene rings is 1. The Morgan fingerprint density at radius 1 is 1.50 bits per heavy atom. The highest BCUT2D eigenvalue weighted by molar-refractivity contribution is 7.09. The van der Waals surface area contributed by atoms with Gasteiger partial charge in [-0.1, -0.05) is 6.07 Å². The summed E-state index contributed by atoms with van der Waals surface area (Å²) in [6.45, 7) is 0. The topological polar surface area (TPSA) is 35.2 Å². The molecule has 2 bridgehead atoms. The van der Waals surface area contributed by atoms with Gasteiger partial charge in [-0.15, -0.1) is 11.3 Å². The van der Waals surface area contributed by atoms with Crippen molar-refractivity contribution in [1.29, 1.82) is 0 Å². The van der Waals surface area contributed by atoms with Crippen LogP contribution in [0.15, 0.2) is 17.5 Å². The van der Waals surface area contributed by atoms with E-state index in [1.54, 1.807) is 0 Å². The third-order valence-corrected chi connectivity index (χ3v) is 4.94. The van der Waals surface area contributed by atoms with Crippen LogP contribution in [0.25, 0.3) is 0 Å². The van der Waals surface area contributed by atoms with E-state index in [1.165, 1.54) is 24.1 Å². The Morgan fingerprint density at radius 3 is 3.06 bits per heavy atom. The van der Waals surface area contributed by atoms with E-state index < -0.39 is 0 Å². The standard InChI is InChI=1S/C13H19NOS/c14-12(5-4-10-2-1-7-16-10)11-8-9-3-6-13(11)15-9/h1-2,7,9,11-13H,3-6,8,14H2. The van der Waals surface area contributed by atoms with Crippen LogP contribution in [-0.4, -0.2) is 18.2 Å². The molecule has 4 atom stereocenters. The Labute approximate surface area is 101 Å². The van der Waals surface area contributed by atoms with E-state index >= 15 is 0 Å². The van der Waals surface area contributed by atoms with Gasteiger partial charge in [-0.25, -0.2) is 0 Å². The lowest BCUT2D eigenvalue weighted by atomic mass is 9.82. The van der Waals surface area contributed by atoms with Crippen molar-refractivity contribution in [1.82, 2.24) is 0 Å². The van der Waals surface area contributed by atoms with Gasteiger partial charge in [0.2, 0.25) is 0 Å². The van der Waals surface area contributed by atoms with Gasteiger partial charge in [0.15, 0.2) is 0 Å². The van der Waals surface area contributed by atoms with Crippen LogP contribution in [0.3, 0.4) is 0 Å². The van der Waals surface area contributed by atoms with Crippen molar-refractivity contribution in [2.45, 2.75) is 50.4 Å². The molecule has 1 aromatic heterocycles. The molecule has 2 saturated heterocycles. The molecule has 16 heavy (non-hydrogen) atoms. The molecule has 2 fully saturated rings. The van der Waals surface area contributed by atoms with Crippen LogP contribution in [-0.2, 0) is 11.2 Å². The molecule has 2 aliphatic rings. The Morgan fingerprint density at radius 2 is 2.44 bits per heavy atom. The summed E-state index contributed by atoms with van der Waals surface area (Å²) < 4.78 is 5.87. The average Bonchev–Trinajstić information content (AvgIpc) is 3.01. The van der Waals surface area contributed by atoms with Crippen LogP contribution in [0, 0.1) is 5.92 Å². The second-order valence-electron chi connectivity index (χ2n) is 5.06. The molecule has 3 heterocycles. The van der Waals surface area contributed by atoms with E-state index in [9.17, 15) is 0 Å². The molecule has 4 unspecified atom stereocenters. The second kappa shape index (κ2) is 4.47. The summed E-state index contributed by atoms with van der Waals surface area (Å²) in [6, 6.07) is 4.65. The third-order valence-electron chi connectivity index (χ3n) is 4.01. The van der Waals surface area contributed by atoms with E-state index in [2.05, 4.69) is 17.5 Å². The molecule has 3 heteroatoms. The molecule has 0 aliphatic carbocycles. The zero-order valence-corrected chi connectivity index (χ0v) is 10.3. The maximum atomic E-state index is 6.31. The van der Waals surface area contributed by atoms with E-state index in [4.69, 9.17) is 10.5 Å². The van der Waals surface area contributed by atoms with Gasteiger partial charge in [-0.05, 0) is 43.6 Å². The first-order valence-corrected chi connectivity index (χ1v) is 7.14. The fourth-order valence-corrected chi connectivity index (χ4v) is 3.83. The monoisotopic (exact) mass is 237 g/mol. The molecule has 0 saturated carbocycles. The number of fused-ring (bicyclic) bond motifs is 2. The van der Waals surface area contributed by atoms with Gasteiger partial charge >= 0.3 is 0 Å². The molecule has 0 aromatic carbocycles. The number of nitrogens with two attached hydrogens (primary N) is 1. The van der Waals surface area contributed by atoms with Gasteiger partial charge in [0.05, 0.1) is 12.2 Å². The Bertz CT molecular complexity index is 338. The molecular weight excluding hydrogens is 218 g/mol. The minimum atomic E-state index is 0.331. The molecule has 1 aromatic rings. The lowest BCUT2D eigenvalue weighted by Crippen LogP contribution is -2.36. The van der Waals surface area contributed by atoms with Crippen molar-refractivity contribution in [3.05, 3.63) is 22.4 Å². The normalized spacial score (nSPS) is 34.4. The SMILES string of the molecule is NC(CCc1cccs1)C1CC2CCC1O2. The zero-order chi connectivity index (χ0) is 11.0. The number of rotatable bonds is 4. The Hall–Kier alpha value is -0.380. The summed E-state index contributed by atoms with van der Waals surface area (Å²) in [5.74, 6) is 0.624. The lowest BCUT2D eigenvalue weighted by Gasteiger charge is -2.25. The minimum absolute atomic E-state index is 0.331. The van der Waals surface area contributed by atoms with Crippen molar-refractivity contribution in [2.24, 2.45) is 11.7 Å². The summed E-state index contributed by atoms with van der Waals surface area (Å²) in [7, 11) is 0. The molecule has 0 amide bonds. The summed E-state index contributed by atoms with van der Waals surface area (Å²) >= 11 is 1.84. The molecule has 3 rings (SSSR count). The van der Waals surface area contributed by atoms with Gasteiger partial charge in [0.25, 0.3) is 0 Å². The van der Waals surface area contributed by atoms with E-state index in [-0.39, 0.29) is 0 Å². The first-order valence-electron chi connectivity index (χ1n) is 6.26. The lowest BCUT2D eigenvalue weighted by molar-refractivity contribution is 0.0880. The highest BCUT2D eigenvalue weighted by atomic mass is 32.1. The number of ether oxygens (including phenoxy) is 1. The molecule has 2 N–H and O–H groups in total. The summed E-state index contributed by atoms with van der Waals surface area (Å²) in [5, 5.41) is 2.14. The minimum Gasteiger partial charge on any atom is -0.375 e. The van der Waals surface area contributed by atoms with Crippen LogP contribution >= 0.6 is 11.3 Å². The van der Waals surface area contributed by atoms with Crippen LogP contribution in [0.1, 0.15) is 30.6 Å². The fraction of sp³-hybridized carbons (Fsp3) is 0.692. The number of hydrogen-bond acceptors (Lipinski definition) is 3. The van der Waals surface area contributed by atoms with Gasteiger partial charge < -0.3 is 10.5 Å². The van der Waals surface area contributed by atoms with Gasteiger partial charge in [0, 0.05) is 16.8 Å². The molecule has 0 radical (unpaired) electrons. The Balaban J connectivity index is 1.52. The number of hydrogen-bond donors (Lipinski definition) is 1. The Kier molecular flexibility index (Phi) is 3.01. The quantitative estimate of drug-likeness (QED) is 0.873. The second-order valence-corrected chi connectivity index (χ2v) is 6.09. The van der Waals surface area contributed by atoms with Crippen molar-refractivity contribution in [3.63, 3.8) is 0 Å². The summed E-state index contributed by atoms with van der Waals surface area (Å²) in [4.78, 5) is 1.46. The van der Waals surface area contributed by atoms with Gasteiger partial charge in [-0.2, -0.15) is 0 Å². The summed E-state index contributed by atoms with van der Waals surface area (Å²) in [5.41, 5.74) is 6.31. The van der Waals surface area contributed by atoms with Crippen molar-refractivity contribution < 1.29 is 4.74 Å². The fourth-order valence-electron chi connectivity index (χ4n) is 3.11. The van der Waals surface area contributed by atoms with Crippen LogP contribution in [0.4, 0.5) is 0 Å². The largest absolute Gasteiger partial charge is 0.375 e. The van der Waals surface area contributed by atoms with Gasteiger partial charge in [-0.3, -0.25) is 0 Å². The first kappa shape index (κ1) is 10.8. The smallest absolute Gasteiger partial charge is 0.0623 e. The van der Waals surface area contributed by atoms with E-state index in [1.807, 2.05) is 11.3 Å². The van der Waals surface area contributed by atoms with Crippen molar-refractivity contribution in [2.75, 3.05) is 0 Å².